The first-order valence-corrected chi connectivity index (χ1v) is 5.40. The van der Waals surface area contributed by atoms with Gasteiger partial charge in [-0.1, -0.05) is 0 Å². The van der Waals surface area contributed by atoms with E-state index in [4.69, 9.17) is 10.8 Å². The highest BCUT2D eigenvalue weighted by Gasteiger charge is 2.09. The minimum atomic E-state index is -1.18. The van der Waals surface area contributed by atoms with E-state index in [0.29, 0.717) is 11.3 Å². The van der Waals surface area contributed by atoms with Gasteiger partial charge in [-0.25, -0.2) is 4.79 Å². The summed E-state index contributed by atoms with van der Waals surface area (Å²) in [6.45, 7) is 4.95. The van der Waals surface area contributed by atoms with E-state index in [1.807, 2.05) is 13.8 Å². The van der Waals surface area contributed by atoms with E-state index in [1.165, 1.54) is 13.0 Å². The van der Waals surface area contributed by atoms with Gasteiger partial charge >= 0.3 is 5.97 Å². The third kappa shape index (κ3) is 3.35. The lowest BCUT2D eigenvalue weighted by molar-refractivity contribution is -0.134. The number of carboxylic acid groups (broad SMARTS) is 1. The Balaban J connectivity index is 3.20. The molecule has 0 aliphatic rings. The summed E-state index contributed by atoms with van der Waals surface area (Å²) in [4.78, 5) is 21.9. The summed E-state index contributed by atoms with van der Waals surface area (Å²) >= 11 is 0. The molecule has 4 N–H and O–H groups in total. The van der Waals surface area contributed by atoms with E-state index in [-0.39, 0.29) is 5.70 Å². The average Bonchev–Trinajstić information content (AvgIpc) is 2.24. The Morgan fingerprint density at radius 3 is 2.17 bits per heavy atom. The van der Waals surface area contributed by atoms with Crippen LogP contribution in [0.1, 0.15) is 23.6 Å². The van der Waals surface area contributed by atoms with Crippen molar-refractivity contribution in [1.82, 2.24) is 5.32 Å². The quantitative estimate of drug-likeness (QED) is 0.557. The van der Waals surface area contributed by atoms with Crippen molar-refractivity contribution in [3.63, 3.8) is 0 Å². The van der Waals surface area contributed by atoms with Crippen LogP contribution in [0.2, 0.25) is 0 Å². The van der Waals surface area contributed by atoms with Gasteiger partial charge in [0.15, 0.2) is 0 Å². The number of hydrogen-bond donors (Lipinski definition) is 3. The van der Waals surface area contributed by atoms with Gasteiger partial charge in [0.1, 0.15) is 5.70 Å². The van der Waals surface area contributed by atoms with Gasteiger partial charge in [0.05, 0.1) is 0 Å². The monoisotopic (exact) mass is 248 g/mol. The number of carbonyl (C=O) groups is 2. The van der Waals surface area contributed by atoms with Crippen LogP contribution in [0.15, 0.2) is 17.8 Å². The fourth-order valence-corrected chi connectivity index (χ4v) is 1.60. The highest BCUT2D eigenvalue weighted by Crippen LogP contribution is 2.20. The lowest BCUT2D eigenvalue weighted by Crippen LogP contribution is -2.24. The van der Waals surface area contributed by atoms with E-state index in [0.717, 1.165) is 11.1 Å². The van der Waals surface area contributed by atoms with Crippen LogP contribution in [0.3, 0.4) is 0 Å². The first kappa shape index (κ1) is 13.8. The molecule has 96 valence electrons. The molecule has 0 heterocycles. The number of carboxylic acids is 1. The fraction of sp³-hybridized carbons (Fsp3) is 0.231. The van der Waals surface area contributed by atoms with Gasteiger partial charge < -0.3 is 16.2 Å². The number of hydrogen-bond acceptors (Lipinski definition) is 3. The maximum atomic E-state index is 11.0. The lowest BCUT2D eigenvalue weighted by Gasteiger charge is -2.08. The first-order valence-electron chi connectivity index (χ1n) is 5.40. The molecule has 0 saturated carbocycles. The topological polar surface area (TPSA) is 92.4 Å². The van der Waals surface area contributed by atoms with Gasteiger partial charge in [-0.3, -0.25) is 4.79 Å². The molecule has 0 aromatic heterocycles. The highest BCUT2D eigenvalue weighted by molar-refractivity contribution is 5.96. The van der Waals surface area contributed by atoms with E-state index >= 15 is 0 Å². The number of nitrogens with one attached hydrogen (secondary N) is 1. The third-order valence-corrected chi connectivity index (χ3v) is 2.47. The Labute approximate surface area is 105 Å². The van der Waals surface area contributed by atoms with Crippen molar-refractivity contribution in [3.8, 4) is 0 Å². The van der Waals surface area contributed by atoms with E-state index in [2.05, 4.69) is 5.32 Å². The highest BCUT2D eigenvalue weighted by atomic mass is 16.4. The number of nitrogen functional groups attached to an aromatic ring is 1. The molecule has 5 heteroatoms. The van der Waals surface area contributed by atoms with Crippen molar-refractivity contribution in [1.29, 1.82) is 0 Å². The molecule has 0 spiro atoms. The van der Waals surface area contributed by atoms with E-state index in [1.54, 1.807) is 12.1 Å². The molecule has 0 aliphatic heterocycles. The summed E-state index contributed by atoms with van der Waals surface area (Å²) in [7, 11) is 0. The number of rotatable bonds is 3. The Kier molecular flexibility index (Phi) is 4.09. The van der Waals surface area contributed by atoms with Gasteiger partial charge in [0.25, 0.3) is 0 Å². The number of aryl methyl sites for hydroxylation is 2. The van der Waals surface area contributed by atoms with Crippen LogP contribution in [0.25, 0.3) is 6.08 Å². The number of benzene rings is 1. The molecule has 1 rings (SSSR count). The number of nitrogens with two attached hydrogens (primary N) is 1. The Hall–Kier alpha value is -2.30. The molecule has 1 aromatic carbocycles. The normalized spacial score (nSPS) is 11.2. The molecule has 0 atom stereocenters. The van der Waals surface area contributed by atoms with E-state index in [9.17, 15) is 9.59 Å². The number of carbonyl (C=O) groups excluding carboxylic acids is 1. The summed E-state index contributed by atoms with van der Waals surface area (Å²) in [5, 5.41) is 11.2. The fourth-order valence-electron chi connectivity index (χ4n) is 1.60. The van der Waals surface area contributed by atoms with Crippen molar-refractivity contribution < 1.29 is 14.7 Å². The third-order valence-electron chi connectivity index (χ3n) is 2.47. The number of anilines is 1. The van der Waals surface area contributed by atoms with Crippen molar-refractivity contribution in [2.45, 2.75) is 20.8 Å². The van der Waals surface area contributed by atoms with Crippen LogP contribution < -0.4 is 11.1 Å². The lowest BCUT2D eigenvalue weighted by atomic mass is 10.0. The van der Waals surface area contributed by atoms with Crippen LogP contribution in [0.4, 0.5) is 5.69 Å². The van der Waals surface area contributed by atoms with Crippen LogP contribution in [-0.2, 0) is 9.59 Å². The van der Waals surface area contributed by atoms with Crippen molar-refractivity contribution in [2.75, 3.05) is 5.73 Å². The molecule has 18 heavy (non-hydrogen) atoms. The van der Waals surface area contributed by atoms with Gasteiger partial charge in [-0.2, -0.15) is 0 Å². The SMILES string of the molecule is CC(=O)N/C(=C/c1cc(C)c(N)c(C)c1)C(=O)O. The largest absolute Gasteiger partial charge is 0.477 e. The zero-order valence-electron chi connectivity index (χ0n) is 10.6. The molecule has 0 saturated heterocycles. The minimum Gasteiger partial charge on any atom is -0.477 e. The van der Waals surface area contributed by atoms with Gasteiger partial charge in [-0.15, -0.1) is 0 Å². The second kappa shape index (κ2) is 5.35. The molecular formula is C13H16N2O3. The predicted octanol–water partition coefficient (Wildman–Crippen LogP) is 1.45. The van der Waals surface area contributed by atoms with Crippen LogP contribution >= 0.6 is 0 Å². The Bertz CT molecular complexity index is 510. The van der Waals surface area contributed by atoms with Gasteiger partial charge in [0, 0.05) is 12.6 Å². The first-order chi connectivity index (χ1) is 8.31. The summed E-state index contributed by atoms with van der Waals surface area (Å²) in [6.07, 6.45) is 1.41. The van der Waals surface area contributed by atoms with E-state index < -0.39 is 11.9 Å². The summed E-state index contributed by atoms with van der Waals surface area (Å²) in [6, 6.07) is 3.54. The molecule has 5 nitrogen and oxygen atoms in total. The van der Waals surface area contributed by atoms with Crippen molar-refractivity contribution >= 4 is 23.6 Å². The van der Waals surface area contributed by atoms with Crippen LogP contribution in [-0.4, -0.2) is 17.0 Å². The Morgan fingerprint density at radius 1 is 1.28 bits per heavy atom. The maximum absolute atomic E-state index is 11.0. The molecule has 0 aliphatic carbocycles. The number of aliphatic carboxylic acids is 1. The standard InChI is InChI=1S/C13H16N2O3/c1-7-4-10(5-8(2)12(7)14)6-11(13(17)18)15-9(3)16/h4-6H,14H2,1-3H3,(H,15,16)(H,17,18)/b11-6+. The summed E-state index contributed by atoms with van der Waals surface area (Å²) in [5.74, 6) is -1.61. The number of amides is 1. The second-order valence-electron chi connectivity index (χ2n) is 4.11. The Morgan fingerprint density at radius 2 is 1.78 bits per heavy atom. The smallest absolute Gasteiger partial charge is 0.352 e. The molecule has 0 unspecified atom stereocenters. The molecule has 0 fully saturated rings. The zero-order valence-corrected chi connectivity index (χ0v) is 10.6. The van der Waals surface area contributed by atoms with Crippen molar-refractivity contribution in [3.05, 3.63) is 34.5 Å². The summed E-state index contributed by atoms with van der Waals surface area (Å²) < 4.78 is 0. The minimum absolute atomic E-state index is 0.161. The summed E-state index contributed by atoms with van der Waals surface area (Å²) in [5.41, 5.74) is 8.76. The van der Waals surface area contributed by atoms with Crippen LogP contribution in [0, 0.1) is 13.8 Å². The maximum Gasteiger partial charge on any atom is 0.352 e. The van der Waals surface area contributed by atoms with Gasteiger partial charge in [0.2, 0.25) is 5.91 Å². The molecule has 1 aromatic rings. The molecule has 0 radical (unpaired) electrons. The molecule has 0 bridgehead atoms. The predicted molar refractivity (Wildman–Crippen MR) is 69.8 cm³/mol. The van der Waals surface area contributed by atoms with Gasteiger partial charge in [-0.05, 0) is 48.7 Å². The van der Waals surface area contributed by atoms with Crippen molar-refractivity contribution in [2.24, 2.45) is 0 Å². The molecular weight excluding hydrogens is 232 g/mol. The second-order valence-corrected chi connectivity index (χ2v) is 4.11. The molecule has 1 amide bonds. The zero-order chi connectivity index (χ0) is 13.9. The average molecular weight is 248 g/mol. The van der Waals surface area contributed by atoms with Crippen LogP contribution in [0.5, 0.6) is 0 Å².